The van der Waals surface area contributed by atoms with E-state index in [1.54, 1.807) is 10.9 Å². The molecule has 1 heterocycles. The molecular weight excluding hydrogens is 254 g/mol. The summed E-state index contributed by atoms with van der Waals surface area (Å²) in [6.45, 7) is 4.23. The van der Waals surface area contributed by atoms with Crippen molar-refractivity contribution in [3.05, 3.63) is 17.5 Å². The van der Waals surface area contributed by atoms with E-state index >= 15 is 0 Å². The second-order valence-electron chi connectivity index (χ2n) is 5.50. The van der Waals surface area contributed by atoms with E-state index in [0.717, 1.165) is 24.1 Å². The molecule has 1 aliphatic rings. The predicted molar refractivity (Wildman–Crippen MR) is 77.3 cm³/mol. The van der Waals surface area contributed by atoms with Gasteiger partial charge < -0.3 is 4.74 Å². The molecule has 0 saturated heterocycles. The normalized spacial score (nSPS) is 17.9. The van der Waals surface area contributed by atoms with Crippen LogP contribution in [-0.2, 0) is 16.6 Å². The molecule has 1 N–H and O–H groups in total. The lowest BCUT2D eigenvalue weighted by Crippen LogP contribution is -2.39. The number of aryl methyl sites for hydroxylation is 1. The molecule has 1 atom stereocenters. The predicted octanol–water partition coefficient (Wildman–Crippen LogP) is 2.26. The van der Waals surface area contributed by atoms with Gasteiger partial charge in [-0.15, -0.1) is 0 Å². The fourth-order valence-corrected chi connectivity index (χ4v) is 2.81. The van der Waals surface area contributed by atoms with E-state index in [4.69, 9.17) is 4.74 Å². The molecular formula is C15H25N3O2. The van der Waals surface area contributed by atoms with E-state index in [9.17, 15) is 4.79 Å². The molecule has 1 aliphatic carbocycles. The Morgan fingerprint density at radius 1 is 1.50 bits per heavy atom. The van der Waals surface area contributed by atoms with Crippen LogP contribution in [0.1, 0.15) is 56.3 Å². The maximum Gasteiger partial charge on any atom is 0.327 e. The van der Waals surface area contributed by atoms with Crippen molar-refractivity contribution in [2.24, 2.45) is 7.05 Å². The number of carbonyl (C=O) groups excluding carboxylic acids is 1. The van der Waals surface area contributed by atoms with Gasteiger partial charge in [0.15, 0.2) is 0 Å². The van der Waals surface area contributed by atoms with Gasteiger partial charge in [0.1, 0.15) is 6.04 Å². The number of esters is 1. The van der Waals surface area contributed by atoms with Crippen molar-refractivity contribution in [2.75, 3.05) is 6.61 Å². The van der Waals surface area contributed by atoms with E-state index in [1.165, 1.54) is 19.3 Å². The van der Waals surface area contributed by atoms with E-state index in [0.29, 0.717) is 12.6 Å². The summed E-state index contributed by atoms with van der Waals surface area (Å²) in [4.78, 5) is 12.3. The Morgan fingerprint density at radius 3 is 2.75 bits per heavy atom. The molecule has 1 aromatic heterocycles. The summed E-state index contributed by atoms with van der Waals surface area (Å²) >= 11 is 0. The lowest BCUT2D eigenvalue weighted by Gasteiger charge is -2.27. The second-order valence-corrected chi connectivity index (χ2v) is 5.50. The molecule has 0 bridgehead atoms. The Labute approximate surface area is 120 Å². The highest BCUT2D eigenvalue weighted by molar-refractivity contribution is 5.78. The lowest BCUT2D eigenvalue weighted by molar-refractivity contribution is -0.146. The van der Waals surface area contributed by atoms with Crippen LogP contribution in [0.2, 0.25) is 0 Å². The van der Waals surface area contributed by atoms with Crippen LogP contribution in [0.5, 0.6) is 0 Å². The zero-order valence-corrected chi connectivity index (χ0v) is 12.7. The lowest BCUT2D eigenvalue weighted by atomic mass is 9.94. The average Bonchev–Trinajstić information content (AvgIpc) is 2.78. The molecule has 0 aromatic carbocycles. The Hall–Kier alpha value is -1.36. The highest BCUT2D eigenvalue weighted by Crippen LogP contribution is 2.24. The van der Waals surface area contributed by atoms with Gasteiger partial charge in [-0.25, -0.2) is 4.79 Å². The average molecular weight is 279 g/mol. The molecule has 1 unspecified atom stereocenters. The summed E-state index contributed by atoms with van der Waals surface area (Å²) < 4.78 is 7.02. The standard InChI is InChI=1S/C15H25N3O2/c1-4-20-15(19)14(13-10-16-18(3)11(13)2)17-12-8-6-5-7-9-12/h10,12,14,17H,4-9H2,1-3H3. The monoisotopic (exact) mass is 279 g/mol. The molecule has 1 aromatic rings. The number of rotatable bonds is 5. The highest BCUT2D eigenvalue weighted by Gasteiger charge is 2.28. The van der Waals surface area contributed by atoms with Crippen molar-refractivity contribution in [3.63, 3.8) is 0 Å². The van der Waals surface area contributed by atoms with Crippen LogP contribution < -0.4 is 5.32 Å². The van der Waals surface area contributed by atoms with Crippen LogP contribution in [0.15, 0.2) is 6.20 Å². The molecule has 5 heteroatoms. The van der Waals surface area contributed by atoms with Crippen molar-refractivity contribution in [3.8, 4) is 0 Å². The number of aromatic nitrogens is 2. The topological polar surface area (TPSA) is 56.1 Å². The minimum Gasteiger partial charge on any atom is -0.465 e. The summed E-state index contributed by atoms with van der Waals surface area (Å²) in [7, 11) is 1.89. The first-order valence-corrected chi connectivity index (χ1v) is 7.54. The molecule has 20 heavy (non-hydrogen) atoms. The van der Waals surface area contributed by atoms with Gasteiger partial charge in [0, 0.05) is 24.3 Å². The summed E-state index contributed by atoms with van der Waals surface area (Å²) in [5.41, 5.74) is 1.93. The van der Waals surface area contributed by atoms with Crippen LogP contribution in [0.25, 0.3) is 0 Å². The Bertz CT molecular complexity index is 450. The molecule has 0 radical (unpaired) electrons. The van der Waals surface area contributed by atoms with Crippen LogP contribution >= 0.6 is 0 Å². The zero-order chi connectivity index (χ0) is 14.5. The number of nitrogens with one attached hydrogen (secondary N) is 1. The smallest absolute Gasteiger partial charge is 0.327 e. The van der Waals surface area contributed by atoms with Crippen LogP contribution in [-0.4, -0.2) is 28.4 Å². The number of ether oxygens (including phenoxy) is 1. The third kappa shape index (κ3) is 3.39. The highest BCUT2D eigenvalue weighted by atomic mass is 16.5. The molecule has 5 nitrogen and oxygen atoms in total. The zero-order valence-electron chi connectivity index (χ0n) is 12.7. The fourth-order valence-electron chi connectivity index (χ4n) is 2.81. The maximum atomic E-state index is 12.3. The van der Waals surface area contributed by atoms with E-state index in [2.05, 4.69) is 10.4 Å². The summed E-state index contributed by atoms with van der Waals surface area (Å²) in [5.74, 6) is -0.200. The molecule has 0 aliphatic heterocycles. The van der Waals surface area contributed by atoms with E-state index in [-0.39, 0.29) is 5.97 Å². The minimum absolute atomic E-state index is 0.200. The van der Waals surface area contributed by atoms with Gasteiger partial charge in [0.05, 0.1) is 12.8 Å². The molecule has 1 fully saturated rings. The van der Waals surface area contributed by atoms with Gasteiger partial charge in [0.25, 0.3) is 0 Å². The maximum absolute atomic E-state index is 12.3. The first kappa shape index (κ1) is 15.0. The summed E-state index contributed by atoms with van der Waals surface area (Å²) in [6.07, 6.45) is 7.81. The van der Waals surface area contributed by atoms with Crippen LogP contribution in [0.3, 0.4) is 0 Å². The van der Waals surface area contributed by atoms with Gasteiger partial charge >= 0.3 is 5.97 Å². The second kappa shape index (κ2) is 6.88. The van der Waals surface area contributed by atoms with Crippen molar-refractivity contribution < 1.29 is 9.53 Å². The molecule has 112 valence electrons. The van der Waals surface area contributed by atoms with Gasteiger partial charge in [-0.1, -0.05) is 19.3 Å². The van der Waals surface area contributed by atoms with Crippen molar-refractivity contribution >= 4 is 5.97 Å². The Balaban J connectivity index is 2.15. The number of carbonyl (C=O) groups is 1. The van der Waals surface area contributed by atoms with Gasteiger partial charge in [-0.2, -0.15) is 5.10 Å². The van der Waals surface area contributed by atoms with E-state index in [1.807, 2.05) is 20.9 Å². The third-order valence-corrected chi connectivity index (χ3v) is 4.11. The fraction of sp³-hybridized carbons (Fsp3) is 0.733. The van der Waals surface area contributed by atoms with Gasteiger partial charge in [-0.05, 0) is 26.7 Å². The van der Waals surface area contributed by atoms with Gasteiger partial charge in [0.2, 0.25) is 0 Å². The van der Waals surface area contributed by atoms with Crippen LogP contribution in [0, 0.1) is 6.92 Å². The number of hydrogen-bond donors (Lipinski definition) is 1. The molecule has 2 rings (SSSR count). The first-order chi connectivity index (χ1) is 9.63. The van der Waals surface area contributed by atoms with Crippen molar-refractivity contribution in [2.45, 2.75) is 58.0 Å². The first-order valence-electron chi connectivity index (χ1n) is 7.54. The van der Waals surface area contributed by atoms with Crippen molar-refractivity contribution in [1.29, 1.82) is 0 Å². The van der Waals surface area contributed by atoms with Gasteiger partial charge in [-0.3, -0.25) is 10.00 Å². The quantitative estimate of drug-likeness (QED) is 0.840. The molecule has 0 spiro atoms. The SMILES string of the molecule is CCOC(=O)C(NC1CCCCC1)c1cnn(C)c1C. The van der Waals surface area contributed by atoms with Crippen molar-refractivity contribution in [1.82, 2.24) is 15.1 Å². The largest absolute Gasteiger partial charge is 0.465 e. The minimum atomic E-state index is -0.397. The third-order valence-electron chi connectivity index (χ3n) is 4.11. The number of nitrogens with zero attached hydrogens (tertiary/aromatic N) is 2. The van der Waals surface area contributed by atoms with E-state index < -0.39 is 6.04 Å². The number of hydrogen-bond acceptors (Lipinski definition) is 4. The Kier molecular flexibility index (Phi) is 5.17. The summed E-state index contributed by atoms with van der Waals surface area (Å²) in [6, 6.07) is 0.00418. The Morgan fingerprint density at radius 2 is 2.20 bits per heavy atom. The molecule has 0 amide bonds. The van der Waals surface area contributed by atoms with Crippen LogP contribution in [0.4, 0.5) is 0 Å². The summed E-state index contributed by atoms with van der Waals surface area (Å²) in [5, 5.41) is 7.72. The molecule has 1 saturated carbocycles.